The summed E-state index contributed by atoms with van der Waals surface area (Å²) in [7, 11) is 0. The van der Waals surface area contributed by atoms with E-state index in [9.17, 15) is 0 Å². The number of aromatic nitrogens is 1. The lowest BCUT2D eigenvalue weighted by molar-refractivity contribution is 1.20. The number of hydrogen-bond donors (Lipinski definition) is 0. The van der Waals surface area contributed by atoms with E-state index in [1.165, 1.54) is 69.9 Å². The van der Waals surface area contributed by atoms with Gasteiger partial charge in [-0.3, -0.25) is 0 Å². The van der Waals surface area contributed by atoms with Crippen molar-refractivity contribution in [3.05, 3.63) is 115 Å². The van der Waals surface area contributed by atoms with E-state index < -0.39 is 0 Å². The van der Waals surface area contributed by atoms with Crippen LogP contribution < -0.4 is 0 Å². The molecule has 0 aliphatic carbocycles. The molecule has 0 spiro atoms. The first-order valence-electron chi connectivity index (χ1n) is 11.6. The summed E-state index contributed by atoms with van der Waals surface area (Å²) < 4.78 is 3.84. The molecular formula is C32H19NS. The fourth-order valence-corrected chi connectivity index (χ4v) is 6.71. The van der Waals surface area contributed by atoms with Gasteiger partial charge in [-0.05, 0) is 62.0 Å². The molecule has 0 aliphatic heterocycles. The Labute approximate surface area is 200 Å². The van der Waals surface area contributed by atoms with Gasteiger partial charge in [0, 0.05) is 21.8 Å². The van der Waals surface area contributed by atoms with Gasteiger partial charge in [-0.25, -0.2) is 0 Å². The molecule has 0 atom stereocenters. The summed E-state index contributed by atoms with van der Waals surface area (Å²) in [4.78, 5) is 0. The zero-order valence-corrected chi connectivity index (χ0v) is 19.1. The third kappa shape index (κ3) is 2.33. The van der Waals surface area contributed by atoms with Crippen LogP contribution in [-0.4, -0.2) is 4.57 Å². The Hall–Kier alpha value is -4.14. The molecule has 0 saturated carbocycles. The summed E-state index contributed by atoms with van der Waals surface area (Å²) in [5, 5.41) is 14.0. The summed E-state index contributed by atoms with van der Waals surface area (Å²) in [6.45, 7) is 0. The number of fused-ring (bicyclic) bond motifs is 11. The van der Waals surface area contributed by atoms with Gasteiger partial charge in [0.25, 0.3) is 0 Å². The summed E-state index contributed by atoms with van der Waals surface area (Å²) in [6, 6.07) is 40.0. The minimum Gasteiger partial charge on any atom is -0.308 e. The highest BCUT2D eigenvalue weighted by atomic mass is 32.1. The smallest absolute Gasteiger partial charge is 0.0726 e. The summed E-state index contributed by atoms with van der Waals surface area (Å²) in [5.41, 5.74) is 3.78. The molecule has 8 aromatic rings. The minimum absolute atomic E-state index is 1.21. The van der Waals surface area contributed by atoms with Gasteiger partial charge in [0.1, 0.15) is 0 Å². The summed E-state index contributed by atoms with van der Waals surface area (Å²) in [6.07, 6.45) is 0. The zero-order chi connectivity index (χ0) is 22.2. The molecule has 0 N–H and O–H groups in total. The van der Waals surface area contributed by atoms with Gasteiger partial charge in [-0.2, -0.15) is 0 Å². The molecule has 0 bridgehead atoms. The third-order valence-electron chi connectivity index (χ3n) is 7.22. The fourth-order valence-electron chi connectivity index (χ4n) is 5.76. The van der Waals surface area contributed by atoms with E-state index in [1.54, 1.807) is 0 Å². The van der Waals surface area contributed by atoms with Gasteiger partial charge >= 0.3 is 0 Å². The molecule has 0 radical (unpaired) electrons. The van der Waals surface area contributed by atoms with Crippen LogP contribution in [0.4, 0.5) is 0 Å². The van der Waals surface area contributed by atoms with Crippen molar-refractivity contribution in [3.63, 3.8) is 0 Å². The first-order valence-corrected chi connectivity index (χ1v) is 12.5. The van der Waals surface area contributed by atoms with Crippen molar-refractivity contribution in [2.24, 2.45) is 0 Å². The lowest BCUT2D eigenvalue weighted by Crippen LogP contribution is -1.94. The molecule has 0 unspecified atom stereocenters. The lowest BCUT2D eigenvalue weighted by Gasteiger charge is -2.11. The second kappa shape index (κ2) is 6.69. The van der Waals surface area contributed by atoms with Crippen molar-refractivity contribution < 1.29 is 0 Å². The molecule has 158 valence electrons. The molecule has 2 heteroatoms. The van der Waals surface area contributed by atoms with Crippen LogP contribution in [0.2, 0.25) is 0 Å². The fraction of sp³-hybridized carbons (Fsp3) is 0. The highest BCUT2D eigenvalue weighted by Gasteiger charge is 2.21. The number of nitrogens with zero attached hydrogens (tertiary/aromatic N) is 1. The monoisotopic (exact) mass is 449 g/mol. The molecule has 2 heterocycles. The molecule has 1 nitrogen and oxygen atoms in total. The molecule has 34 heavy (non-hydrogen) atoms. The first kappa shape index (κ1) is 18.3. The summed E-state index contributed by atoms with van der Waals surface area (Å²) in [5.74, 6) is 0. The van der Waals surface area contributed by atoms with Crippen molar-refractivity contribution in [2.75, 3.05) is 0 Å². The Kier molecular flexibility index (Phi) is 3.60. The van der Waals surface area contributed by atoms with Gasteiger partial charge in [0.05, 0.1) is 15.7 Å². The van der Waals surface area contributed by atoms with Crippen LogP contribution in [0.3, 0.4) is 0 Å². The van der Waals surface area contributed by atoms with Crippen LogP contribution in [0.25, 0.3) is 69.9 Å². The van der Waals surface area contributed by atoms with Crippen LogP contribution in [-0.2, 0) is 0 Å². The average Bonchev–Trinajstić information content (AvgIpc) is 3.52. The predicted molar refractivity (Wildman–Crippen MR) is 149 cm³/mol. The third-order valence-corrected chi connectivity index (χ3v) is 8.14. The normalized spacial score (nSPS) is 12.1. The van der Waals surface area contributed by atoms with Crippen molar-refractivity contribution >= 4 is 75.5 Å². The lowest BCUT2D eigenvalue weighted by atomic mass is 9.98. The second-order valence-corrected chi connectivity index (χ2v) is 9.90. The van der Waals surface area contributed by atoms with Gasteiger partial charge in [-0.15, -0.1) is 11.3 Å². The van der Waals surface area contributed by atoms with E-state index in [-0.39, 0.29) is 0 Å². The van der Waals surface area contributed by atoms with Crippen molar-refractivity contribution in [3.8, 4) is 5.69 Å². The zero-order valence-electron chi connectivity index (χ0n) is 18.3. The standard InChI is InChI=1S/C32H19NS/c1-2-9-22-19-23(15-13-20(22)7-1)33-28-16-14-21-8-3-4-10-24(21)29(28)30-26-12-6-5-11-25(26)27-17-18-34-32(27)31(30)33/h1-19H. The average molecular weight is 450 g/mol. The Bertz CT molecular complexity index is 2070. The predicted octanol–water partition coefficient (Wildman–Crippen LogP) is 9.46. The molecule has 6 aromatic carbocycles. The highest BCUT2D eigenvalue weighted by molar-refractivity contribution is 7.18. The van der Waals surface area contributed by atoms with E-state index in [0.29, 0.717) is 0 Å². The topological polar surface area (TPSA) is 4.93 Å². The Morgan fingerprint density at radius 2 is 1.21 bits per heavy atom. The highest BCUT2D eigenvalue weighted by Crippen LogP contribution is 2.46. The second-order valence-electron chi connectivity index (χ2n) is 8.98. The molecule has 8 rings (SSSR count). The van der Waals surface area contributed by atoms with E-state index in [0.717, 1.165) is 0 Å². The number of thiophene rings is 1. The molecule has 0 fully saturated rings. The van der Waals surface area contributed by atoms with E-state index in [1.807, 2.05) is 11.3 Å². The van der Waals surface area contributed by atoms with Crippen LogP contribution in [0.5, 0.6) is 0 Å². The van der Waals surface area contributed by atoms with Gasteiger partial charge in [0.15, 0.2) is 0 Å². The van der Waals surface area contributed by atoms with Crippen LogP contribution >= 0.6 is 11.3 Å². The number of rotatable bonds is 1. The Morgan fingerprint density at radius 3 is 2.09 bits per heavy atom. The maximum Gasteiger partial charge on any atom is 0.0726 e. The molecule has 0 saturated heterocycles. The van der Waals surface area contributed by atoms with Crippen molar-refractivity contribution in [1.29, 1.82) is 0 Å². The van der Waals surface area contributed by atoms with E-state index in [4.69, 9.17) is 0 Å². The van der Waals surface area contributed by atoms with Crippen molar-refractivity contribution in [1.82, 2.24) is 4.57 Å². The number of benzene rings is 6. The number of hydrogen-bond acceptors (Lipinski definition) is 1. The largest absolute Gasteiger partial charge is 0.308 e. The SMILES string of the molecule is c1ccc2cc(-n3c4ccc5ccccc5c4c4c5ccccc5c5ccsc5c43)ccc2c1. The van der Waals surface area contributed by atoms with E-state index in [2.05, 4.69) is 119 Å². The maximum absolute atomic E-state index is 2.49. The maximum atomic E-state index is 2.49. The molecule has 0 aliphatic rings. The van der Waals surface area contributed by atoms with Gasteiger partial charge < -0.3 is 4.57 Å². The molecule has 0 amide bonds. The minimum atomic E-state index is 1.21. The van der Waals surface area contributed by atoms with Gasteiger partial charge in [-0.1, -0.05) is 84.9 Å². The molecular weight excluding hydrogens is 430 g/mol. The Balaban J connectivity index is 1.70. The van der Waals surface area contributed by atoms with Crippen LogP contribution in [0.1, 0.15) is 0 Å². The van der Waals surface area contributed by atoms with Crippen molar-refractivity contribution in [2.45, 2.75) is 0 Å². The van der Waals surface area contributed by atoms with E-state index >= 15 is 0 Å². The van der Waals surface area contributed by atoms with Crippen LogP contribution in [0.15, 0.2) is 115 Å². The molecule has 2 aromatic heterocycles. The van der Waals surface area contributed by atoms with Crippen LogP contribution in [0, 0.1) is 0 Å². The summed E-state index contributed by atoms with van der Waals surface area (Å²) >= 11 is 1.84. The first-order chi connectivity index (χ1) is 16.9. The Morgan fingerprint density at radius 1 is 0.500 bits per heavy atom. The van der Waals surface area contributed by atoms with Gasteiger partial charge in [0.2, 0.25) is 0 Å². The quantitative estimate of drug-likeness (QED) is 0.235.